The molecule has 0 aliphatic heterocycles. The van der Waals surface area contributed by atoms with Crippen LogP contribution in [-0.2, 0) is 4.74 Å². The Morgan fingerprint density at radius 2 is 1.96 bits per heavy atom. The molecule has 0 aliphatic carbocycles. The van der Waals surface area contributed by atoms with Crippen LogP contribution in [0.3, 0.4) is 0 Å². The molecule has 0 N–H and O–H groups in total. The molecule has 0 fully saturated rings. The Bertz CT molecular complexity index is 772. The molecule has 0 saturated heterocycles. The van der Waals surface area contributed by atoms with E-state index in [2.05, 4.69) is 24.0 Å². The minimum atomic E-state index is -0.265. The standard InChI is InChI=1S/C19H21ClN2O2/c1-3-4-5-14-24-15(2)12-13-22-19(23)11-10-18(21-22)16-6-8-17(20)9-7-16/h6-11,15H,3-5,14H2,1-2H3. The number of rotatable bonds is 6. The summed E-state index contributed by atoms with van der Waals surface area (Å²) >= 11 is 5.89. The van der Waals surface area contributed by atoms with Crippen LogP contribution < -0.4 is 5.56 Å². The zero-order valence-corrected chi connectivity index (χ0v) is 14.7. The van der Waals surface area contributed by atoms with Gasteiger partial charge in [0.25, 0.3) is 5.56 Å². The first-order chi connectivity index (χ1) is 11.6. The molecular weight excluding hydrogens is 324 g/mol. The summed E-state index contributed by atoms with van der Waals surface area (Å²) in [4.78, 5) is 11.9. The Hall–Kier alpha value is -2.09. The number of hydrogen-bond donors (Lipinski definition) is 0. The lowest BCUT2D eigenvalue weighted by atomic mass is 10.1. The first-order valence-corrected chi connectivity index (χ1v) is 8.47. The van der Waals surface area contributed by atoms with E-state index in [1.54, 1.807) is 18.2 Å². The van der Waals surface area contributed by atoms with Crippen molar-refractivity contribution in [1.29, 1.82) is 0 Å². The highest BCUT2D eigenvalue weighted by Crippen LogP contribution is 2.18. The van der Waals surface area contributed by atoms with E-state index in [0.29, 0.717) is 17.3 Å². The van der Waals surface area contributed by atoms with Gasteiger partial charge in [-0.2, -0.15) is 9.78 Å². The van der Waals surface area contributed by atoms with Gasteiger partial charge in [0.1, 0.15) is 6.10 Å². The molecule has 0 spiro atoms. The number of ether oxygens (including phenoxy) is 1. The maximum Gasteiger partial charge on any atom is 0.279 e. The first kappa shape index (κ1) is 18.3. The zero-order valence-electron chi connectivity index (χ0n) is 14.0. The van der Waals surface area contributed by atoms with Crippen LogP contribution in [0.2, 0.25) is 5.02 Å². The quantitative estimate of drug-likeness (QED) is 0.588. The van der Waals surface area contributed by atoms with Crippen molar-refractivity contribution in [3.8, 4) is 23.2 Å². The molecule has 2 aromatic rings. The van der Waals surface area contributed by atoms with Gasteiger partial charge in [-0.25, -0.2) is 0 Å². The topological polar surface area (TPSA) is 44.1 Å². The lowest BCUT2D eigenvalue weighted by molar-refractivity contribution is 0.1000. The van der Waals surface area contributed by atoms with E-state index in [1.807, 2.05) is 19.1 Å². The predicted octanol–water partition coefficient (Wildman–Crippen LogP) is 3.97. The molecule has 24 heavy (non-hydrogen) atoms. The van der Waals surface area contributed by atoms with Crippen molar-refractivity contribution in [3.05, 3.63) is 51.8 Å². The Labute approximate surface area is 147 Å². The molecule has 0 amide bonds. The van der Waals surface area contributed by atoms with Crippen molar-refractivity contribution in [2.45, 2.75) is 39.2 Å². The van der Waals surface area contributed by atoms with Gasteiger partial charge in [-0.3, -0.25) is 4.79 Å². The Morgan fingerprint density at radius 1 is 1.21 bits per heavy atom. The van der Waals surface area contributed by atoms with E-state index in [4.69, 9.17) is 16.3 Å². The van der Waals surface area contributed by atoms with Crippen molar-refractivity contribution in [2.75, 3.05) is 6.61 Å². The average Bonchev–Trinajstić information content (AvgIpc) is 2.59. The zero-order chi connectivity index (χ0) is 17.4. The number of unbranched alkanes of at least 4 members (excludes halogenated alkanes) is 2. The maximum atomic E-state index is 11.9. The SMILES string of the molecule is CCCCCOC(C)C#Cn1nc(-c2ccc(Cl)cc2)ccc1=O. The van der Waals surface area contributed by atoms with E-state index in [-0.39, 0.29) is 11.7 Å². The molecule has 1 aromatic heterocycles. The lowest BCUT2D eigenvalue weighted by Crippen LogP contribution is -2.19. The van der Waals surface area contributed by atoms with Gasteiger partial charge in [0.2, 0.25) is 0 Å². The summed E-state index contributed by atoms with van der Waals surface area (Å²) in [5.74, 6) is 2.91. The minimum absolute atomic E-state index is 0.241. The van der Waals surface area contributed by atoms with Crippen LogP contribution in [-0.4, -0.2) is 22.5 Å². The fourth-order valence-corrected chi connectivity index (χ4v) is 2.20. The second kappa shape index (κ2) is 9.27. The summed E-state index contributed by atoms with van der Waals surface area (Å²) in [5.41, 5.74) is 1.27. The van der Waals surface area contributed by atoms with Crippen molar-refractivity contribution >= 4 is 11.6 Å². The van der Waals surface area contributed by atoms with Crippen LogP contribution in [0.5, 0.6) is 0 Å². The largest absolute Gasteiger partial charge is 0.366 e. The summed E-state index contributed by atoms with van der Waals surface area (Å²) in [6.07, 6.45) is 3.08. The van der Waals surface area contributed by atoms with E-state index in [1.165, 1.54) is 6.07 Å². The van der Waals surface area contributed by atoms with Gasteiger partial charge in [0.15, 0.2) is 0 Å². The third kappa shape index (κ3) is 5.52. The van der Waals surface area contributed by atoms with Crippen LogP contribution in [0, 0.1) is 12.0 Å². The van der Waals surface area contributed by atoms with Crippen LogP contribution in [0.1, 0.15) is 33.1 Å². The summed E-state index contributed by atoms with van der Waals surface area (Å²) in [6, 6.07) is 13.2. The highest BCUT2D eigenvalue weighted by molar-refractivity contribution is 6.30. The third-order valence-electron chi connectivity index (χ3n) is 3.43. The molecule has 4 nitrogen and oxygen atoms in total. The Morgan fingerprint density at radius 3 is 2.67 bits per heavy atom. The van der Waals surface area contributed by atoms with Gasteiger partial charge >= 0.3 is 0 Å². The summed E-state index contributed by atoms with van der Waals surface area (Å²) in [5, 5.41) is 4.94. The van der Waals surface area contributed by atoms with E-state index in [0.717, 1.165) is 29.5 Å². The molecular formula is C19H21ClN2O2. The van der Waals surface area contributed by atoms with Gasteiger partial charge in [0.05, 0.1) is 5.69 Å². The molecule has 126 valence electrons. The fourth-order valence-electron chi connectivity index (χ4n) is 2.07. The van der Waals surface area contributed by atoms with Gasteiger partial charge in [-0.15, -0.1) is 0 Å². The van der Waals surface area contributed by atoms with E-state index < -0.39 is 0 Å². The molecule has 0 saturated carbocycles. The number of aromatic nitrogens is 2. The van der Waals surface area contributed by atoms with Gasteiger partial charge in [-0.05, 0) is 37.5 Å². The van der Waals surface area contributed by atoms with Crippen LogP contribution in [0.4, 0.5) is 0 Å². The van der Waals surface area contributed by atoms with Gasteiger partial charge in [-0.1, -0.05) is 43.5 Å². The minimum Gasteiger partial charge on any atom is -0.366 e. The maximum absolute atomic E-state index is 11.9. The second-order valence-corrected chi connectivity index (χ2v) is 5.89. The summed E-state index contributed by atoms with van der Waals surface area (Å²) < 4.78 is 6.75. The monoisotopic (exact) mass is 344 g/mol. The Balaban J connectivity index is 2.11. The molecule has 1 heterocycles. The number of benzene rings is 1. The molecule has 0 radical (unpaired) electrons. The first-order valence-electron chi connectivity index (χ1n) is 8.09. The molecule has 5 heteroatoms. The van der Waals surface area contributed by atoms with Crippen LogP contribution in [0.25, 0.3) is 11.3 Å². The van der Waals surface area contributed by atoms with Crippen LogP contribution >= 0.6 is 11.6 Å². The summed E-state index contributed by atoms with van der Waals surface area (Å²) in [6.45, 7) is 4.69. The fraction of sp³-hybridized carbons (Fsp3) is 0.368. The molecule has 0 bridgehead atoms. The molecule has 0 aliphatic rings. The normalized spacial score (nSPS) is 11.6. The van der Waals surface area contributed by atoms with Crippen molar-refractivity contribution in [1.82, 2.24) is 9.78 Å². The number of halogens is 1. The molecule has 1 aromatic carbocycles. The van der Waals surface area contributed by atoms with Gasteiger partial charge < -0.3 is 4.74 Å². The average molecular weight is 345 g/mol. The molecule has 1 atom stereocenters. The number of nitrogens with zero attached hydrogens (tertiary/aromatic N) is 2. The van der Waals surface area contributed by atoms with E-state index in [9.17, 15) is 4.79 Å². The van der Waals surface area contributed by atoms with Crippen molar-refractivity contribution in [2.24, 2.45) is 0 Å². The highest BCUT2D eigenvalue weighted by atomic mass is 35.5. The lowest BCUT2D eigenvalue weighted by Gasteiger charge is -2.06. The summed E-state index contributed by atoms with van der Waals surface area (Å²) in [7, 11) is 0. The number of hydrogen-bond acceptors (Lipinski definition) is 3. The van der Waals surface area contributed by atoms with Crippen molar-refractivity contribution < 1.29 is 4.74 Å². The third-order valence-corrected chi connectivity index (χ3v) is 3.68. The molecule has 1 unspecified atom stereocenters. The van der Waals surface area contributed by atoms with E-state index >= 15 is 0 Å². The van der Waals surface area contributed by atoms with Crippen LogP contribution in [0.15, 0.2) is 41.2 Å². The smallest absolute Gasteiger partial charge is 0.279 e. The molecule has 2 rings (SSSR count). The van der Waals surface area contributed by atoms with Crippen molar-refractivity contribution in [3.63, 3.8) is 0 Å². The van der Waals surface area contributed by atoms with Gasteiger partial charge in [0, 0.05) is 29.3 Å². The Kier molecular flexibility index (Phi) is 7.05. The second-order valence-electron chi connectivity index (χ2n) is 5.45. The predicted molar refractivity (Wildman–Crippen MR) is 97.1 cm³/mol. The highest BCUT2D eigenvalue weighted by Gasteiger charge is 2.03.